The molecular formula is C13H17N3O. The number of nitrogen functional groups attached to an aromatic ring is 2. The summed E-state index contributed by atoms with van der Waals surface area (Å²) in [7, 11) is 0. The van der Waals surface area contributed by atoms with Crippen LogP contribution in [0, 0.1) is 5.21 Å². The predicted octanol–water partition coefficient (Wildman–Crippen LogP) is 1.76. The number of aromatic nitrogens is 1. The molecule has 0 unspecified atom stereocenters. The highest BCUT2D eigenvalue weighted by molar-refractivity contribution is 5.90. The molecule has 0 bridgehead atoms. The minimum Gasteiger partial charge on any atom is -0.618 e. The molecular weight excluding hydrogens is 214 g/mol. The highest BCUT2D eigenvalue weighted by atomic mass is 16.5. The first kappa shape index (κ1) is 11.5. The van der Waals surface area contributed by atoms with Gasteiger partial charge in [-0.3, -0.25) is 0 Å². The maximum absolute atomic E-state index is 12.3. The van der Waals surface area contributed by atoms with Gasteiger partial charge in [0.1, 0.15) is 5.69 Å². The SMILES string of the molecule is CCc1cc2cc(N)cc(N)c2[n+]([O-])c1CC. The molecule has 2 aromatic rings. The zero-order valence-electron chi connectivity index (χ0n) is 10.2. The van der Waals surface area contributed by atoms with E-state index in [-0.39, 0.29) is 0 Å². The Morgan fingerprint density at radius 2 is 1.82 bits per heavy atom. The summed E-state index contributed by atoms with van der Waals surface area (Å²) in [5.74, 6) is 0. The number of anilines is 2. The molecule has 1 aromatic carbocycles. The van der Waals surface area contributed by atoms with Crippen molar-refractivity contribution in [3.8, 4) is 0 Å². The third-order valence-corrected chi connectivity index (χ3v) is 3.06. The van der Waals surface area contributed by atoms with Crippen molar-refractivity contribution < 1.29 is 4.73 Å². The van der Waals surface area contributed by atoms with E-state index in [1.165, 1.54) is 0 Å². The van der Waals surface area contributed by atoms with Crippen LogP contribution in [-0.2, 0) is 12.8 Å². The van der Waals surface area contributed by atoms with E-state index in [0.717, 1.165) is 27.8 Å². The van der Waals surface area contributed by atoms with Gasteiger partial charge in [-0.15, -0.1) is 0 Å². The minimum absolute atomic E-state index is 0.437. The Balaban J connectivity index is 2.90. The number of aryl methyl sites for hydroxylation is 1. The summed E-state index contributed by atoms with van der Waals surface area (Å²) in [5.41, 5.74) is 15.0. The summed E-state index contributed by atoms with van der Waals surface area (Å²) in [4.78, 5) is 0. The van der Waals surface area contributed by atoms with Crippen LogP contribution in [0.4, 0.5) is 11.4 Å². The first-order chi connectivity index (χ1) is 8.08. The van der Waals surface area contributed by atoms with Gasteiger partial charge in [-0.05, 0) is 24.6 Å². The molecule has 4 nitrogen and oxygen atoms in total. The lowest BCUT2D eigenvalue weighted by molar-refractivity contribution is -0.585. The zero-order valence-corrected chi connectivity index (χ0v) is 10.2. The topological polar surface area (TPSA) is 79.0 Å². The molecule has 0 radical (unpaired) electrons. The highest BCUT2D eigenvalue weighted by Crippen LogP contribution is 2.24. The monoisotopic (exact) mass is 231 g/mol. The number of hydrogen-bond donors (Lipinski definition) is 2. The third kappa shape index (κ3) is 1.75. The molecule has 1 aromatic heterocycles. The van der Waals surface area contributed by atoms with Crippen molar-refractivity contribution >= 4 is 22.3 Å². The molecule has 0 atom stereocenters. The van der Waals surface area contributed by atoms with E-state index in [2.05, 4.69) is 0 Å². The number of pyridine rings is 1. The van der Waals surface area contributed by atoms with Crippen molar-refractivity contribution in [2.45, 2.75) is 26.7 Å². The summed E-state index contributed by atoms with van der Waals surface area (Å²) in [6, 6.07) is 5.43. The Labute approximate surface area is 100 Å². The van der Waals surface area contributed by atoms with Gasteiger partial charge in [0.15, 0.2) is 5.69 Å². The van der Waals surface area contributed by atoms with Gasteiger partial charge >= 0.3 is 0 Å². The predicted molar refractivity (Wildman–Crippen MR) is 70.5 cm³/mol. The second-order valence-corrected chi connectivity index (χ2v) is 4.17. The Hall–Kier alpha value is -1.97. The molecule has 0 spiro atoms. The van der Waals surface area contributed by atoms with Crippen LogP contribution in [0.2, 0.25) is 0 Å². The number of rotatable bonds is 2. The Morgan fingerprint density at radius 1 is 1.12 bits per heavy atom. The zero-order chi connectivity index (χ0) is 12.6. The van der Waals surface area contributed by atoms with E-state index >= 15 is 0 Å². The number of hydrogen-bond acceptors (Lipinski definition) is 3. The molecule has 0 saturated heterocycles. The van der Waals surface area contributed by atoms with E-state index in [1.54, 1.807) is 12.1 Å². The lowest BCUT2D eigenvalue weighted by atomic mass is 10.0. The van der Waals surface area contributed by atoms with E-state index in [0.29, 0.717) is 23.3 Å². The van der Waals surface area contributed by atoms with Crippen LogP contribution < -0.4 is 16.2 Å². The summed E-state index contributed by atoms with van der Waals surface area (Å²) in [5, 5.41) is 13.1. The molecule has 0 fully saturated rings. The molecule has 0 amide bonds. The summed E-state index contributed by atoms with van der Waals surface area (Å²) >= 11 is 0. The van der Waals surface area contributed by atoms with Gasteiger partial charge in [-0.2, -0.15) is 4.73 Å². The fourth-order valence-electron chi connectivity index (χ4n) is 2.26. The van der Waals surface area contributed by atoms with Gasteiger partial charge in [0.05, 0.1) is 5.39 Å². The van der Waals surface area contributed by atoms with Crippen LogP contribution in [0.25, 0.3) is 10.9 Å². The van der Waals surface area contributed by atoms with Crippen LogP contribution in [0.3, 0.4) is 0 Å². The minimum atomic E-state index is 0.437. The van der Waals surface area contributed by atoms with E-state index in [9.17, 15) is 5.21 Å². The Morgan fingerprint density at radius 3 is 2.41 bits per heavy atom. The fraction of sp³-hybridized carbons (Fsp3) is 0.308. The van der Waals surface area contributed by atoms with Crippen molar-refractivity contribution in [1.82, 2.24) is 0 Å². The number of fused-ring (bicyclic) bond motifs is 1. The van der Waals surface area contributed by atoms with Crippen molar-refractivity contribution in [3.63, 3.8) is 0 Å². The van der Waals surface area contributed by atoms with Gasteiger partial charge in [-0.25, -0.2) is 0 Å². The maximum Gasteiger partial charge on any atom is 0.247 e. The normalized spacial score (nSPS) is 10.9. The quantitative estimate of drug-likeness (QED) is 0.469. The first-order valence-corrected chi connectivity index (χ1v) is 5.81. The summed E-state index contributed by atoms with van der Waals surface area (Å²) < 4.78 is 0.947. The Kier molecular flexibility index (Phi) is 2.79. The van der Waals surface area contributed by atoms with E-state index in [1.807, 2.05) is 19.9 Å². The second kappa shape index (κ2) is 4.13. The summed E-state index contributed by atoms with van der Waals surface area (Å²) in [6.07, 6.45) is 1.53. The molecule has 0 aliphatic carbocycles. The fourth-order valence-corrected chi connectivity index (χ4v) is 2.26. The first-order valence-electron chi connectivity index (χ1n) is 5.81. The third-order valence-electron chi connectivity index (χ3n) is 3.06. The summed E-state index contributed by atoms with van der Waals surface area (Å²) in [6.45, 7) is 4.01. The van der Waals surface area contributed by atoms with Crippen LogP contribution in [0.15, 0.2) is 18.2 Å². The van der Waals surface area contributed by atoms with Crippen LogP contribution >= 0.6 is 0 Å². The van der Waals surface area contributed by atoms with Gasteiger partial charge in [0.2, 0.25) is 5.52 Å². The number of nitrogens with zero attached hydrogens (tertiary/aromatic N) is 1. The molecule has 2 rings (SSSR count). The van der Waals surface area contributed by atoms with E-state index in [4.69, 9.17) is 11.5 Å². The second-order valence-electron chi connectivity index (χ2n) is 4.17. The molecule has 1 heterocycles. The smallest absolute Gasteiger partial charge is 0.247 e. The average Bonchev–Trinajstić information content (AvgIpc) is 2.27. The largest absolute Gasteiger partial charge is 0.618 e. The van der Waals surface area contributed by atoms with Gasteiger partial charge < -0.3 is 16.7 Å². The van der Waals surface area contributed by atoms with Crippen LogP contribution in [-0.4, -0.2) is 0 Å². The maximum atomic E-state index is 12.3. The lowest BCUT2D eigenvalue weighted by Crippen LogP contribution is -2.34. The molecule has 0 aliphatic rings. The van der Waals surface area contributed by atoms with Gasteiger partial charge in [0.25, 0.3) is 0 Å². The van der Waals surface area contributed by atoms with E-state index < -0.39 is 0 Å². The van der Waals surface area contributed by atoms with Crippen molar-refractivity contribution in [2.24, 2.45) is 0 Å². The molecule has 4 N–H and O–H groups in total. The standard InChI is InChI=1S/C13H17N3O/c1-3-8-5-9-6-10(14)7-11(15)13(9)16(17)12(8)4-2/h5-7H,3-4,14-15H2,1-2H3. The molecule has 4 heteroatoms. The van der Waals surface area contributed by atoms with Crippen molar-refractivity contribution in [1.29, 1.82) is 0 Å². The van der Waals surface area contributed by atoms with Gasteiger partial charge in [0, 0.05) is 17.7 Å². The highest BCUT2D eigenvalue weighted by Gasteiger charge is 2.17. The average molecular weight is 231 g/mol. The number of nitrogens with two attached hydrogens (primary N) is 2. The molecule has 90 valence electrons. The lowest BCUT2D eigenvalue weighted by Gasteiger charge is -2.12. The molecule has 17 heavy (non-hydrogen) atoms. The van der Waals surface area contributed by atoms with Crippen LogP contribution in [0.1, 0.15) is 25.1 Å². The van der Waals surface area contributed by atoms with Crippen molar-refractivity contribution in [3.05, 3.63) is 34.7 Å². The van der Waals surface area contributed by atoms with Crippen LogP contribution in [0.5, 0.6) is 0 Å². The molecule has 0 saturated carbocycles. The van der Waals surface area contributed by atoms with Gasteiger partial charge in [-0.1, -0.05) is 13.8 Å². The number of benzene rings is 1. The molecule has 0 aliphatic heterocycles. The Bertz CT molecular complexity index is 579. The van der Waals surface area contributed by atoms with Crippen molar-refractivity contribution in [2.75, 3.05) is 11.5 Å².